The largest absolute Gasteiger partial charge is 0.389 e. The molecule has 1 amide bonds. The molecule has 1 saturated carbocycles. The third-order valence-electron chi connectivity index (χ3n) is 5.81. The molecular formula is C21H17ClF4N4O4S. The number of primary amides is 1. The summed E-state index contributed by atoms with van der Waals surface area (Å²) in [6, 6.07) is 8.43. The fourth-order valence-electron chi connectivity index (χ4n) is 4.01. The molecule has 0 aliphatic heterocycles. The van der Waals surface area contributed by atoms with Crippen LogP contribution in [0.25, 0.3) is 11.4 Å². The topological polar surface area (TPSA) is 119 Å². The zero-order chi connectivity index (χ0) is 25.6. The Hall–Kier alpha value is -3.03. The Morgan fingerprint density at radius 1 is 1.23 bits per heavy atom. The van der Waals surface area contributed by atoms with E-state index in [0.717, 1.165) is 24.6 Å². The third-order valence-corrected chi connectivity index (χ3v) is 7.97. The maximum Gasteiger partial charge on any atom is 0.389 e. The summed E-state index contributed by atoms with van der Waals surface area (Å²) in [6.07, 6.45) is -5.53. The number of amides is 1. The van der Waals surface area contributed by atoms with Crippen LogP contribution in [0.1, 0.15) is 18.4 Å². The molecule has 2 unspecified atom stereocenters. The van der Waals surface area contributed by atoms with Crippen LogP contribution in [0.5, 0.6) is 0 Å². The number of hydrogen-bond donors (Lipinski definition) is 1. The number of nitrogens with two attached hydrogens (primary N) is 1. The molecule has 0 bridgehead atoms. The summed E-state index contributed by atoms with van der Waals surface area (Å²) in [4.78, 5) is 15.9. The molecule has 35 heavy (non-hydrogen) atoms. The highest BCUT2D eigenvalue weighted by atomic mass is 35.5. The SMILES string of the molecule is NC(=O)C1(N(Cc2ccc(-c3ncon3)cc2F)S(=O)(=O)c2ccc(Cl)cc2)CC1CC(F)(F)F. The second-order valence-electron chi connectivity index (χ2n) is 8.04. The van der Waals surface area contributed by atoms with E-state index in [1.54, 1.807) is 0 Å². The Morgan fingerprint density at radius 3 is 2.46 bits per heavy atom. The van der Waals surface area contributed by atoms with E-state index in [1.807, 2.05) is 0 Å². The summed E-state index contributed by atoms with van der Waals surface area (Å²) in [5.74, 6) is -3.50. The van der Waals surface area contributed by atoms with Crippen molar-refractivity contribution in [1.82, 2.24) is 14.4 Å². The molecule has 186 valence electrons. The summed E-state index contributed by atoms with van der Waals surface area (Å²) in [7, 11) is -4.61. The van der Waals surface area contributed by atoms with Crippen molar-refractivity contribution in [3.05, 3.63) is 65.3 Å². The molecule has 2 atom stereocenters. The fourth-order valence-corrected chi connectivity index (χ4v) is 5.92. The van der Waals surface area contributed by atoms with Gasteiger partial charge >= 0.3 is 6.18 Å². The number of benzene rings is 2. The van der Waals surface area contributed by atoms with Gasteiger partial charge in [0.1, 0.15) is 11.4 Å². The highest BCUT2D eigenvalue weighted by Crippen LogP contribution is 2.55. The van der Waals surface area contributed by atoms with E-state index < -0.39 is 58.8 Å². The molecule has 1 aliphatic carbocycles. The smallest absolute Gasteiger partial charge is 0.368 e. The Labute approximate surface area is 201 Å². The van der Waals surface area contributed by atoms with E-state index in [-0.39, 0.29) is 26.9 Å². The summed E-state index contributed by atoms with van der Waals surface area (Å²) >= 11 is 5.82. The van der Waals surface area contributed by atoms with Crippen molar-refractivity contribution in [3.63, 3.8) is 0 Å². The van der Waals surface area contributed by atoms with Gasteiger partial charge in [-0.1, -0.05) is 28.9 Å². The summed E-state index contributed by atoms with van der Waals surface area (Å²) < 4.78 is 86.7. The van der Waals surface area contributed by atoms with Gasteiger partial charge in [-0.25, -0.2) is 12.8 Å². The van der Waals surface area contributed by atoms with Gasteiger partial charge in [0.15, 0.2) is 0 Å². The molecule has 8 nitrogen and oxygen atoms in total. The monoisotopic (exact) mass is 532 g/mol. The average Bonchev–Trinajstić information content (AvgIpc) is 3.19. The summed E-state index contributed by atoms with van der Waals surface area (Å²) in [6.45, 7) is -0.749. The Bertz CT molecular complexity index is 1350. The van der Waals surface area contributed by atoms with Gasteiger partial charge < -0.3 is 10.3 Å². The van der Waals surface area contributed by atoms with Gasteiger partial charge in [0.2, 0.25) is 28.1 Å². The van der Waals surface area contributed by atoms with Gasteiger partial charge in [-0.05, 0) is 42.7 Å². The lowest BCUT2D eigenvalue weighted by Crippen LogP contribution is -2.51. The highest BCUT2D eigenvalue weighted by molar-refractivity contribution is 7.89. The van der Waals surface area contributed by atoms with E-state index in [9.17, 15) is 26.4 Å². The second kappa shape index (κ2) is 8.88. The molecule has 1 heterocycles. The van der Waals surface area contributed by atoms with Crippen LogP contribution in [-0.4, -0.2) is 40.5 Å². The van der Waals surface area contributed by atoms with Crippen LogP contribution in [0.3, 0.4) is 0 Å². The van der Waals surface area contributed by atoms with Crippen molar-refractivity contribution >= 4 is 27.5 Å². The number of hydrogen-bond acceptors (Lipinski definition) is 6. The fraction of sp³-hybridized carbons (Fsp3) is 0.286. The zero-order valence-electron chi connectivity index (χ0n) is 17.7. The maximum atomic E-state index is 15.0. The van der Waals surface area contributed by atoms with Gasteiger partial charge in [0, 0.05) is 29.1 Å². The van der Waals surface area contributed by atoms with E-state index in [0.29, 0.717) is 4.31 Å². The molecule has 0 radical (unpaired) electrons. The molecule has 2 aromatic carbocycles. The first-order valence-corrected chi connectivity index (χ1v) is 11.9. The minimum atomic E-state index is -4.67. The minimum absolute atomic E-state index is 0.0714. The number of carbonyl (C=O) groups excluding carboxylic acids is 1. The molecule has 4 rings (SSSR count). The Balaban J connectivity index is 1.78. The number of nitrogens with zero attached hydrogens (tertiary/aromatic N) is 3. The number of alkyl halides is 3. The van der Waals surface area contributed by atoms with Crippen molar-refractivity contribution in [2.75, 3.05) is 0 Å². The van der Waals surface area contributed by atoms with Gasteiger partial charge in [-0.3, -0.25) is 4.79 Å². The van der Waals surface area contributed by atoms with E-state index in [2.05, 4.69) is 14.7 Å². The van der Waals surface area contributed by atoms with Crippen molar-refractivity contribution in [3.8, 4) is 11.4 Å². The minimum Gasteiger partial charge on any atom is -0.368 e. The number of halogens is 5. The number of aromatic nitrogens is 2. The standard InChI is InChI=1S/C21H17ClF4N4O4S/c22-15-3-5-16(6-4-15)35(32,33)30(20(19(27)31)8-14(20)9-21(24,25)26)10-13-2-1-12(7-17(13)23)18-28-11-34-29-18/h1-7,11,14H,8-10H2,(H2,27,31). The molecule has 1 aromatic heterocycles. The van der Waals surface area contributed by atoms with Gasteiger partial charge in [-0.15, -0.1) is 0 Å². The quantitative estimate of drug-likeness (QED) is 0.439. The summed E-state index contributed by atoms with van der Waals surface area (Å²) in [5, 5.41) is 3.80. The number of rotatable bonds is 8. The number of carbonyl (C=O) groups is 1. The first-order chi connectivity index (χ1) is 16.3. The van der Waals surface area contributed by atoms with E-state index in [1.165, 1.54) is 24.3 Å². The van der Waals surface area contributed by atoms with Crippen LogP contribution in [0.15, 0.2) is 58.3 Å². The molecule has 3 aromatic rings. The lowest BCUT2D eigenvalue weighted by atomic mass is 10.1. The summed E-state index contributed by atoms with van der Waals surface area (Å²) in [5.41, 5.74) is 3.30. The van der Waals surface area contributed by atoms with E-state index >= 15 is 4.39 Å². The molecule has 2 N–H and O–H groups in total. The predicted octanol–water partition coefficient (Wildman–Crippen LogP) is 3.92. The maximum absolute atomic E-state index is 15.0. The van der Waals surface area contributed by atoms with Crippen molar-refractivity contribution in [1.29, 1.82) is 0 Å². The first kappa shape index (κ1) is 25.1. The van der Waals surface area contributed by atoms with Crippen LogP contribution in [0, 0.1) is 11.7 Å². The average molecular weight is 533 g/mol. The van der Waals surface area contributed by atoms with Crippen molar-refractivity contribution in [2.45, 2.75) is 36.0 Å². The molecular weight excluding hydrogens is 516 g/mol. The van der Waals surface area contributed by atoms with Crippen molar-refractivity contribution < 1.29 is 35.3 Å². The molecule has 0 spiro atoms. The third kappa shape index (κ3) is 4.88. The van der Waals surface area contributed by atoms with Crippen LogP contribution >= 0.6 is 11.6 Å². The molecule has 14 heteroatoms. The Kier molecular flexibility index (Phi) is 6.36. The lowest BCUT2D eigenvalue weighted by molar-refractivity contribution is -0.142. The second-order valence-corrected chi connectivity index (χ2v) is 10.3. The zero-order valence-corrected chi connectivity index (χ0v) is 19.2. The van der Waals surface area contributed by atoms with Crippen LogP contribution in [-0.2, 0) is 21.4 Å². The molecule has 1 fully saturated rings. The van der Waals surface area contributed by atoms with Gasteiger partial charge in [0.05, 0.1) is 4.90 Å². The van der Waals surface area contributed by atoms with Crippen molar-refractivity contribution in [2.24, 2.45) is 11.7 Å². The molecule has 1 aliphatic rings. The Morgan fingerprint density at radius 2 is 1.91 bits per heavy atom. The lowest BCUT2D eigenvalue weighted by Gasteiger charge is -2.30. The van der Waals surface area contributed by atoms with Crippen LogP contribution in [0.2, 0.25) is 5.02 Å². The van der Waals surface area contributed by atoms with Gasteiger partial charge in [-0.2, -0.15) is 22.5 Å². The van der Waals surface area contributed by atoms with E-state index in [4.69, 9.17) is 17.3 Å². The van der Waals surface area contributed by atoms with Crippen LogP contribution < -0.4 is 5.73 Å². The molecule has 0 saturated heterocycles. The normalized spacial score (nSPS) is 20.2. The predicted molar refractivity (Wildman–Crippen MR) is 115 cm³/mol. The first-order valence-electron chi connectivity index (χ1n) is 10.0. The number of sulfonamides is 1. The van der Waals surface area contributed by atoms with Crippen LogP contribution in [0.4, 0.5) is 17.6 Å². The highest BCUT2D eigenvalue weighted by Gasteiger charge is 2.68. The van der Waals surface area contributed by atoms with Gasteiger partial charge in [0.25, 0.3) is 0 Å².